The second kappa shape index (κ2) is 14.3. The maximum atomic E-state index is 13.6. The molecule has 1 N–H and O–H groups in total. The zero-order chi connectivity index (χ0) is 25.8. The standard InChI is InChI=1S/C30H35ClN2O3/c1-3-5-19-32-30(35)28(20-24-11-7-6-8-12-24)33(21-25-13-9-10-14-27(25)31)29(34)22-36-26-17-15-23(4-2)16-18-26/h6-18,28H,3-5,19-22H2,1-2H3,(H,32,35)/t28-/m1/s1. The Morgan fingerprint density at radius 3 is 2.28 bits per heavy atom. The first-order valence-corrected chi connectivity index (χ1v) is 13.0. The van der Waals surface area contributed by atoms with E-state index in [1.54, 1.807) is 11.0 Å². The second-order valence-corrected chi connectivity index (χ2v) is 9.16. The number of halogens is 1. The third kappa shape index (κ3) is 8.13. The Balaban J connectivity index is 1.87. The zero-order valence-electron chi connectivity index (χ0n) is 21.1. The van der Waals surface area contributed by atoms with Crippen LogP contribution in [0.1, 0.15) is 43.4 Å². The third-order valence-electron chi connectivity index (χ3n) is 6.09. The lowest BCUT2D eigenvalue weighted by molar-refractivity contribution is -0.142. The van der Waals surface area contributed by atoms with Crippen LogP contribution in [0.25, 0.3) is 0 Å². The molecule has 3 rings (SSSR count). The number of nitrogens with one attached hydrogen (secondary N) is 1. The molecule has 190 valence electrons. The average Bonchev–Trinajstić information content (AvgIpc) is 2.91. The minimum Gasteiger partial charge on any atom is -0.484 e. The van der Waals surface area contributed by atoms with Crippen LogP contribution in [0, 0.1) is 0 Å². The van der Waals surface area contributed by atoms with Crippen molar-refractivity contribution in [1.82, 2.24) is 10.2 Å². The van der Waals surface area contributed by atoms with Crippen molar-refractivity contribution in [2.75, 3.05) is 13.2 Å². The van der Waals surface area contributed by atoms with Gasteiger partial charge in [-0.1, -0.05) is 92.5 Å². The number of carbonyl (C=O) groups is 2. The fraction of sp³-hybridized carbons (Fsp3) is 0.333. The van der Waals surface area contributed by atoms with Crippen molar-refractivity contribution >= 4 is 23.4 Å². The molecule has 0 heterocycles. The Bertz CT molecular complexity index is 1100. The van der Waals surface area contributed by atoms with E-state index in [4.69, 9.17) is 16.3 Å². The molecule has 36 heavy (non-hydrogen) atoms. The molecule has 0 aromatic heterocycles. The van der Waals surface area contributed by atoms with Gasteiger partial charge >= 0.3 is 0 Å². The van der Waals surface area contributed by atoms with Gasteiger partial charge in [0.25, 0.3) is 5.91 Å². The van der Waals surface area contributed by atoms with Crippen LogP contribution < -0.4 is 10.1 Å². The molecule has 0 aliphatic rings. The van der Waals surface area contributed by atoms with Crippen molar-refractivity contribution in [2.45, 2.75) is 52.1 Å². The maximum Gasteiger partial charge on any atom is 0.261 e. The summed E-state index contributed by atoms with van der Waals surface area (Å²) in [5.74, 6) is 0.159. The summed E-state index contributed by atoms with van der Waals surface area (Å²) in [5, 5.41) is 3.57. The average molecular weight is 507 g/mol. The lowest BCUT2D eigenvalue weighted by atomic mass is 10.0. The topological polar surface area (TPSA) is 58.6 Å². The van der Waals surface area contributed by atoms with Gasteiger partial charge in [-0.2, -0.15) is 0 Å². The summed E-state index contributed by atoms with van der Waals surface area (Å²) in [6.45, 7) is 4.75. The van der Waals surface area contributed by atoms with Crippen LogP contribution in [0.15, 0.2) is 78.9 Å². The molecule has 3 aromatic rings. The van der Waals surface area contributed by atoms with Crippen molar-refractivity contribution in [3.63, 3.8) is 0 Å². The molecule has 0 fully saturated rings. The van der Waals surface area contributed by atoms with Crippen molar-refractivity contribution in [2.24, 2.45) is 0 Å². The van der Waals surface area contributed by atoms with E-state index in [1.807, 2.05) is 72.8 Å². The summed E-state index contributed by atoms with van der Waals surface area (Å²) >= 11 is 6.45. The van der Waals surface area contributed by atoms with E-state index >= 15 is 0 Å². The highest BCUT2D eigenvalue weighted by Gasteiger charge is 2.31. The largest absolute Gasteiger partial charge is 0.484 e. The molecule has 0 aliphatic heterocycles. The SMILES string of the molecule is CCCCNC(=O)[C@@H](Cc1ccccc1)N(Cc1ccccc1Cl)C(=O)COc1ccc(CC)cc1. The molecule has 5 nitrogen and oxygen atoms in total. The maximum absolute atomic E-state index is 13.6. The minimum atomic E-state index is -0.709. The van der Waals surface area contributed by atoms with Gasteiger partial charge in [0.1, 0.15) is 11.8 Å². The number of ether oxygens (including phenoxy) is 1. The van der Waals surface area contributed by atoms with Gasteiger partial charge in [-0.3, -0.25) is 9.59 Å². The number of amides is 2. The van der Waals surface area contributed by atoms with Crippen LogP contribution in [-0.2, 0) is 29.0 Å². The molecule has 0 spiro atoms. The normalized spacial score (nSPS) is 11.5. The summed E-state index contributed by atoms with van der Waals surface area (Å²) < 4.78 is 5.84. The number of carbonyl (C=O) groups excluding carboxylic acids is 2. The van der Waals surface area contributed by atoms with Gasteiger partial charge in [0.15, 0.2) is 6.61 Å². The number of nitrogens with zero attached hydrogens (tertiary/aromatic N) is 1. The molecular weight excluding hydrogens is 472 g/mol. The lowest BCUT2D eigenvalue weighted by Crippen LogP contribution is -2.51. The molecule has 3 aromatic carbocycles. The van der Waals surface area contributed by atoms with Crippen molar-refractivity contribution in [3.05, 3.63) is 101 Å². The van der Waals surface area contributed by atoms with Crippen LogP contribution in [0.5, 0.6) is 5.75 Å². The van der Waals surface area contributed by atoms with E-state index in [0.717, 1.165) is 30.4 Å². The molecule has 0 radical (unpaired) electrons. The number of unbranched alkanes of at least 4 members (excludes halogenated alkanes) is 1. The van der Waals surface area contributed by atoms with E-state index < -0.39 is 6.04 Å². The third-order valence-corrected chi connectivity index (χ3v) is 6.46. The van der Waals surface area contributed by atoms with Gasteiger partial charge in [-0.05, 0) is 47.7 Å². The van der Waals surface area contributed by atoms with Crippen LogP contribution in [-0.4, -0.2) is 35.9 Å². The highest BCUT2D eigenvalue weighted by Crippen LogP contribution is 2.21. The molecule has 0 unspecified atom stereocenters. The van der Waals surface area contributed by atoms with Crippen LogP contribution >= 0.6 is 11.6 Å². The molecule has 0 saturated carbocycles. The Morgan fingerprint density at radius 2 is 1.61 bits per heavy atom. The van der Waals surface area contributed by atoms with E-state index in [1.165, 1.54) is 5.56 Å². The van der Waals surface area contributed by atoms with Crippen LogP contribution in [0.2, 0.25) is 5.02 Å². The first-order chi connectivity index (χ1) is 17.5. The van der Waals surface area contributed by atoms with Gasteiger partial charge in [-0.15, -0.1) is 0 Å². The van der Waals surface area contributed by atoms with Crippen molar-refractivity contribution < 1.29 is 14.3 Å². The van der Waals surface area contributed by atoms with E-state index in [2.05, 4.69) is 19.2 Å². The monoisotopic (exact) mass is 506 g/mol. The van der Waals surface area contributed by atoms with Gasteiger partial charge in [0, 0.05) is 24.5 Å². The fourth-order valence-electron chi connectivity index (χ4n) is 3.92. The summed E-state index contributed by atoms with van der Waals surface area (Å²) in [4.78, 5) is 28.6. The molecule has 1 atom stereocenters. The number of aryl methyl sites for hydroxylation is 1. The molecule has 6 heteroatoms. The van der Waals surface area contributed by atoms with Crippen LogP contribution in [0.4, 0.5) is 0 Å². The van der Waals surface area contributed by atoms with Gasteiger partial charge in [0.2, 0.25) is 5.91 Å². The fourth-order valence-corrected chi connectivity index (χ4v) is 4.12. The number of benzene rings is 3. The van der Waals surface area contributed by atoms with E-state index in [-0.39, 0.29) is 25.0 Å². The summed E-state index contributed by atoms with van der Waals surface area (Å²) in [7, 11) is 0. The number of rotatable bonds is 13. The predicted octanol–water partition coefficient (Wildman–Crippen LogP) is 5.84. The summed E-state index contributed by atoms with van der Waals surface area (Å²) in [6, 6.07) is 24.1. The first-order valence-electron chi connectivity index (χ1n) is 12.6. The smallest absolute Gasteiger partial charge is 0.261 e. The molecule has 0 bridgehead atoms. The van der Waals surface area contributed by atoms with Gasteiger partial charge in [0.05, 0.1) is 0 Å². The van der Waals surface area contributed by atoms with Crippen molar-refractivity contribution in [3.8, 4) is 5.75 Å². The highest BCUT2D eigenvalue weighted by molar-refractivity contribution is 6.31. The first kappa shape index (κ1) is 27.3. The van der Waals surface area contributed by atoms with Crippen LogP contribution in [0.3, 0.4) is 0 Å². The van der Waals surface area contributed by atoms with E-state index in [0.29, 0.717) is 23.7 Å². The Labute approximate surface area is 219 Å². The minimum absolute atomic E-state index is 0.177. The van der Waals surface area contributed by atoms with Gasteiger partial charge in [-0.25, -0.2) is 0 Å². The molecular formula is C30H35ClN2O3. The summed E-state index contributed by atoms with van der Waals surface area (Å²) in [6.07, 6.45) is 3.16. The highest BCUT2D eigenvalue weighted by atomic mass is 35.5. The second-order valence-electron chi connectivity index (χ2n) is 8.75. The molecule has 0 aliphatic carbocycles. The summed E-state index contributed by atoms with van der Waals surface area (Å²) in [5.41, 5.74) is 2.95. The Hall–Kier alpha value is -3.31. The number of hydrogen-bond acceptors (Lipinski definition) is 3. The zero-order valence-corrected chi connectivity index (χ0v) is 21.8. The Kier molecular flexibility index (Phi) is 10.8. The predicted molar refractivity (Wildman–Crippen MR) is 145 cm³/mol. The van der Waals surface area contributed by atoms with Gasteiger partial charge < -0.3 is 15.0 Å². The quantitative estimate of drug-likeness (QED) is 0.296. The van der Waals surface area contributed by atoms with Crippen molar-refractivity contribution in [1.29, 1.82) is 0 Å². The number of hydrogen-bond donors (Lipinski definition) is 1. The Morgan fingerprint density at radius 1 is 0.917 bits per heavy atom. The van der Waals surface area contributed by atoms with E-state index in [9.17, 15) is 9.59 Å². The molecule has 2 amide bonds. The lowest BCUT2D eigenvalue weighted by Gasteiger charge is -2.31. The molecule has 0 saturated heterocycles.